The fraction of sp³-hybridized carbons (Fsp3) is 0.381. The molecule has 2 aromatic heterocycles. The van der Waals surface area contributed by atoms with Crippen LogP contribution in [0.2, 0.25) is 0 Å². The van der Waals surface area contributed by atoms with E-state index in [9.17, 15) is 33.6 Å². The Bertz CT molecular complexity index is 3580. The van der Waals surface area contributed by atoms with Gasteiger partial charge in [0.1, 0.15) is 23.5 Å². The molecule has 474 valence electrons. The topological polar surface area (TPSA) is 348 Å². The van der Waals surface area contributed by atoms with Crippen molar-refractivity contribution < 1.29 is 52.6 Å². The Hall–Kier alpha value is -9.50. The molecule has 0 radical (unpaired) electrons. The lowest BCUT2D eigenvalue weighted by molar-refractivity contribution is -0.130. The maximum atomic E-state index is 15.1. The number of halogens is 2. The minimum atomic E-state index is -1.08. The molecule has 0 spiro atoms. The van der Waals surface area contributed by atoms with E-state index in [1.165, 1.54) is 32.4 Å². The number of nitrogens with two attached hydrogens (primary N) is 1. The molecule has 0 bridgehead atoms. The van der Waals surface area contributed by atoms with Crippen LogP contribution in [0.1, 0.15) is 93.6 Å². The molecule has 27 heteroatoms. The minimum absolute atomic E-state index is 0.0950. The molecule has 0 aliphatic heterocycles. The van der Waals surface area contributed by atoms with Crippen molar-refractivity contribution in [1.29, 1.82) is 0 Å². The van der Waals surface area contributed by atoms with Crippen LogP contribution >= 0.6 is 15.9 Å². The van der Waals surface area contributed by atoms with E-state index in [-0.39, 0.29) is 59.5 Å². The van der Waals surface area contributed by atoms with Crippen LogP contribution in [-0.4, -0.2) is 138 Å². The average molecular weight is 1300 g/mol. The SMILES string of the molecule is CC(C)(C)OC(=O)NC[C@H]1CC[C@H](C(=O)N(c2ccc(-c3nnn[nH]3)cc2)[C@@H](Cc2cccc(Br)c2)C(N)=O)CC1.CON(C)C(=O)c1ccc(F)c(-c2cccc(C[C@H](NC(=O)[C@H]3CC[C@H](CNC(=O)O)CC3)C(=O)Nc3ccc(-c4nnn[nH]4)cc3)c2)c1. The zero-order valence-corrected chi connectivity index (χ0v) is 52.0. The van der Waals surface area contributed by atoms with Crippen LogP contribution in [0.25, 0.3) is 33.9 Å². The predicted molar refractivity (Wildman–Crippen MR) is 334 cm³/mol. The number of rotatable bonds is 21. The summed E-state index contributed by atoms with van der Waals surface area (Å²) in [4.78, 5) is 96.4. The van der Waals surface area contributed by atoms with Gasteiger partial charge in [-0.05, 0) is 200 Å². The van der Waals surface area contributed by atoms with E-state index < -0.39 is 53.4 Å². The molecule has 2 fully saturated rings. The number of anilines is 2. The first-order valence-electron chi connectivity index (χ1n) is 29.4. The predicted octanol–water partition coefficient (Wildman–Crippen LogP) is 8.44. The highest BCUT2D eigenvalue weighted by molar-refractivity contribution is 9.10. The molecule has 0 unspecified atom stereocenters. The number of carbonyl (C=O) groups excluding carboxylic acids is 6. The van der Waals surface area contributed by atoms with Gasteiger partial charge in [-0.15, -0.1) is 10.2 Å². The largest absolute Gasteiger partial charge is 0.465 e. The molecule has 2 aliphatic carbocycles. The molecule has 7 amide bonds. The van der Waals surface area contributed by atoms with E-state index in [1.807, 2.05) is 45.0 Å². The van der Waals surface area contributed by atoms with E-state index in [0.717, 1.165) is 33.5 Å². The van der Waals surface area contributed by atoms with E-state index >= 15 is 4.39 Å². The summed E-state index contributed by atoms with van der Waals surface area (Å²) in [6.45, 7) is 6.29. The van der Waals surface area contributed by atoms with E-state index in [4.69, 9.17) is 20.4 Å². The van der Waals surface area contributed by atoms with Gasteiger partial charge in [-0.2, -0.15) is 0 Å². The lowest BCUT2D eigenvalue weighted by Gasteiger charge is -2.36. The van der Waals surface area contributed by atoms with Gasteiger partial charge in [0.15, 0.2) is 11.6 Å². The van der Waals surface area contributed by atoms with Crippen molar-refractivity contribution in [3.05, 3.63) is 142 Å². The second-order valence-corrected chi connectivity index (χ2v) is 24.1. The number of tetrazole rings is 2. The molecule has 9 rings (SSSR count). The number of nitrogens with one attached hydrogen (secondary N) is 6. The first kappa shape index (κ1) is 66.5. The van der Waals surface area contributed by atoms with Crippen LogP contribution < -0.4 is 31.9 Å². The number of carboxylic acid groups (broad SMARTS) is 1. The standard InChI is InChI=1S/C34H37FN8O6.C29H36BrN7O4/c1-43(49-2)33(46)25-12-15-28(35)27(18-25)24-5-3-4-21(16-24)17-29(38-31(44)23-8-6-20(7-9-23)19-36-34(47)48)32(45)37-26-13-10-22(11-14-26)30-39-41-42-40-30;1-29(2,3)41-28(40)32-17-18-7-9-21(10-8-18)27(39)37(23-13-11-20(12-14-23)26-33-35-36-34-26)24(25(31)38)16-19-5-4-6-22(30)15-19/h3-5,10-16,18,20,23,29,36H,6-9,17,19H2,1-2H3,(H,37,45)(H,38,44)(H,47,48)(H,39,40,41,42);4-6,11-15,18,21,24H,7-10,16-17H2,1-3H3,(H2,31,38)(H,32,40)(H,33,34,35,36)/t20-,23-,29-;18-,21-,24-/m00/s1. The minimum Gasteiger partial charge on any atom is -0.465 e. The number of H-pyrrole nitrogens is 2. The van der Waals surface area contributed by atoms with Crippen molar-refractivity contribution in [3.8, 4) is 33.9 Å². The van der Waals surface area contributed by atoms with Gasteiger partial charge in [-0.3, -0.25) is 33.7 Å². The van der Waals surface area contributed by atoms with Crippen molar-refractivity contribution >= 4 is 69.0 Å². The molecule has 2 heterocycles. The van der Waals surface area contributed by atoms with E-state index in [2.05, 4.69) is 78.4 Å². The zero-order valence-electron chi connectivity index (χ0n) is 50.5. The third-order valence-electron chi connectivity index (χ3n) is 15.7. The van der Waals surface area contributed by atoms with Gasteiger partial charge in [-0.25, -0.2) is 29.2 Å². The number of hydrogen-bond acceptors (Lipinski definition) is 15. The number of alkyl carbamates (subject to hydrolysis) is 1. The zero-order chi connectivity index (χ0) is 64.5. The maximum Gasteiger partial charge on any atom is 0.407 e. The number of aromatic nitrogens is 8. The van der Waals surface area contributed by atoms with Gasteiger partial charge < -0.3 is 36.8 Å². The number of carbonyl (C=O) groups is 7. The van der Waals surface area contributed by atoms with Crippen LogP contribution in [0, 0.1) is 29.5 Å². The number of nitrogens with zero attached hydrogens (tertiary/aromatic N) is 8. The van der Waals surface area contributed by atoms with E-state index in [1.54, 1.807) is 77.7 Å². The second kappa shape index (κ2) is 31.1. The Kier molecular flexibility index (Phi) is 23.0. The summed E-state index contributed by atoms with van der Waals surface area (Å²) in [5.41, 5.74) is 10.3. The monoisotopic (exact) mass is 1300 g/mol. The number of hydroxylamine groups is 2. The number of aromatic amines is 2. The molecule has 25 nitrogen and oxygen atoms in total. The van der Waals surface area contributed by atoms with Crippen molar-refractivity contribution in [2.45, 2.75) is 103 Å². The lowest BCUT2D eigenvalue weighted by atomic mass is 9.81. The molecular weight excluding hydrogens is 1230 g/mol. The molecule has 5 aromatic carbocycles. The summed E-state index contributed by atoms with van der Waals surface area (Å²) in [6.07, 6.45) is 4.14. The summed E-state index contributed by atoms with van der Waals surface area (Å²) in [7, 11) is 2.81. The molecule has 0 saturated heterocycles. The van der Waals surface area contributed by atoms with Crippen molar-refractivity contribution in [1.82, 2.24) is 62.3 Å². The summed E-state index contributed by atoms with van der Waals surface area (Å²) in [5, 5.41) is 48.6. The number of benzene rings is 5. The number of amides is 7. The molecule has 2 atom stereocenters. The third kappa shape index (κ3) is 18.8. The van der Waals surface area contributed by atoms with E-state index in [0.29, 0.717) is 91.3 Å². The Morgan fingerprint density at radius 1 is 0.722 bits per heavy atom. The number of ether oxygens (including phenoxy) is 1. The number of primary amides is 1. The Morgan fingerprint density at radius 3 is 1.86 bits per heavy atom. The lowest BCUT2D eigenvalue weighted by Crippen LogP contribution is -2.52. The first-order chi connectivity index (χ1) is 43.1. The smallest absolute Gasteiger partial charge is 0.407 e. The Balaban J connectivity index is 0.000000236. The van der Waals surface area contributed by atoms with Gasteiger partial charge in [0.25, 0.3) is 5.91 Å². The highest BCUT2D eigenvalue weighted by atomic mass is 79.9. The Labute approximate surface area is 527 Å². The van der Waals surface area contributed by atoms with Crippen LogP contribution in [0.15, 0.2) is 120 Å². The van der Waals surface area contributed by atoms with Crippen LogP contribution in [0.4, 0.5) is 25.4 Å². The fourth-order valence-corrected chi connectivity index (χ4v) is 11.4. The Morgan fingerprint density at radius 2 is 1.30 bits per heavy atom. The fourth-order valence-electron chi connectivity index (χ4n) is 10.9. The van der Waals surface area contributed by atoms with Gasteiger partial charge in [0.05, 0.1) is 7.11 Å². The van der Waals surface area contributed by atoms with Crippen LogP contribution in [0.3, 0.4) is 0 Å². The molecule has 2 saturated carbocycles. The maximum absolute atomic E-state index is 15.1. The van der Waals surface area contributed by atoms with Crippen molar-refractivity contribution in [2.24, 2.45) is 29.4 Å². The van der Waals surface area contributed by atoms with Gasteiger partial charge >= 0.3 is 12.2 Å². The van der Waals surface area contributed by atoms with Gasteiger partial charge in [0.2, 0.25) is 23.6 Å². The normalized spacial score (nSPS) is 17.0. The molecule has 7 aromatic rings. The summed E-state index contributed by atoms with van der Waals surface area (Å²) in [5.74, 6) is -1.71. The summed E-state index contributed by atoms with van der Waals surface area (Å²) < 4.78 is 21.3. The first-order valence-corrected chi connectivity index (χ1v) is 30.2. The third-order valence-corrected chi connectivity index (χ3v) is 16.2. The second-order valence-electron chi connectivity index (χ2n) is 23.2. The highest BCUT2D eigenvalue weighted by Gasteiger charge is 2.37. The molecule has 90 heavy (non-hydrogen) atoms. The quantitative estimate of drug-likeness (QED) is 0.0313. The van der Waals surface area contributed by atoms with Crippen molar-refractivity contribution in [3.63, 3.8) is 0 Å². The number of hydrogen-bond donors (Lipinski definition) is 8. The van der Waals surface area contributed by atoms with Gasteiger partial charge in [0, 0.05) is 82.9 Å². The van der Waals surface area contributed by atoms with Gasteiger partial charge in [-0.1, -0.05) is 52.3 Å². The van der Waals surface area contributed by atoms with Crippen LogP contribution in [0.5, 0.6) is 0 Å². The van der Waals surface area contributed by atoms with Crippen molar-refractivity contribution in [2.75, 3.05) is 37.5 Å². The summed E-state index contributed by atoms with van der Waals surface area (Å²) in [6, 6.07) is 30.7. The highest BCUT2D eigenvalue weighted by Crippen LogP contribution is 2.35. The average Bonchev–Trinajstić information content (AvgIpc) is 0.945. The molecular formula is C63H73BrFN15O10. The molecule has 2 aliphatic rings. The summed E-state index contributed by atoms with van der Waals surface area (Å²) >= 11 is 3.48. The van der Waals surface area contributed by atoms with Crippen LogP contribution in [-0.2, 0) is 41.6 Å². The molecule has 9 N–H and O–H groups in total.